The topological polar surface area (TPSA) is 61.5 Å². The van der Waals surface area contributed by atoms with Gasteiger partial charge in [0, 0.05) is 6.61 Å². The van der Waals surface area contributed by atoms with E-state index in [1.54, 1.807) is 6.92 Å². The Labute approximate surface area is 108 Å². The number of benzene rings is 1. The van der Waals surface area contributed by atoms with Crippen molar-refractivity contribution in [1.82, 2.24) is 0 Å². The quantitative estimate of drug-likeness (QED) is 0.566. The molecule has 0 aliphatic rings. The molecule has 0 saturated carbocycles. The van der Waals surface area contributed by atoms with Crippen LogP contribution in [0.15, 0.2) is 30.3 Å². The average molecular weight is 251 g/mol. The zero-order chi connectivity index (χ0) is 13.2. The number of rotatable bonds is 8. The molecule has 1 atom stereocenters. The first kappa shape index (κ1) is 14.7. The maximum Gasteiger partial charge on any atom is 0.322 e. The third kappa shape index (κ3) is 5.80. The van der Waals surface area contributed by atoms with Crippen LogP contribution < -0.4 is 5.73 Å². The number of nitrogens with two attached hydrogens (primary N) is 1. The molecule has 1 unspecified atom stereocenters. The Kier molecular flexibility index (Phi) is 7.06. The van der Waals surface area contributed by atoms with Crippen LogP contribution in [0, 0.1) is 0 Å². The van der Waals surface area contributed by atoms with Crippen molar-refractivity contribution in [3.63, 3.8) is 0 Å². The van der Waals surface area contributed by atoms with Gasteiger partial charge in [-0.25, -0.2) is 0 Å². The number of carbonyl (C=O) groups is 1. The molecule has 0 amide bonds. The van der Waals surface area contributed by atoms with Crippen molar-refractivity contribution >= 4 is 5.97 Å². The van der Waals surface area contributed by atoms with Gasteiger partial charge in [-0.15, -0.1) is 0 Å². The molecule has 2 N–H and O–H groups in total. The lowest BCUT2D eigenvalue weighted by molar-refractivity contribution is -0.144. The van der Waals surface area contributed by atoms with Gasteiger partial charge in [-0.3, -0.25) is 4.79 Å². The van der Waals surface area contributed by atoms with Crippen LogP contribution >= 0.6 is 0 Å². The summed E-state index contributed by atoms with van der Waals surface area (Å²) >= 11 is 0. The van der Waals surface area contributed by atoms with E-state index in [9.17, 15) is 4.79 Å². The van der Waals surface area contributed by atoms with Gasteiger partial charge in [-0.05, 0) is 25.3 Å². The highest BCUT2D eigenvalue weighted by atomic mass is 16.5. The van der Waals surface area contributed by atoms with Gasteiger partial charge in [0.2, 0.25) is 0 Å². The largest absolute Gasteiger partial charge is 0.465 e. The van der Waals surface area contributed by atoms with E-state index in [2.05, 4.69) is 0 Å². The van der Waals surface area contributed by atoms with Gasteiger partial charge in [0.1, 0.15) is 6.04 Å². The van der Waals surface area contributed by atoms with Crippen molar-refractivity contribution in [2.75, 3.05) is 13.2 Å². The highest BCUT2D eigenvalue weighted by molar-refractivity contribution is 5.75. The summed E-state index contributed by atoms with van der Waals surface area (Å²) in [6.45, 7) is 3.34. The predicted molar refractivity (Wildman–Crippen MR) is 69.9 cm³/mol. The second-order valence-electron chi connectivity index (χ2n) is 4.04. The van der Waals surface area contributed by atoms with Crippen LogP contribution in [-0.4, -0.2) is 25.2 Å². The molecule has 0 aromatic heterocycles. The van der Waals surface area contributed by atoms with Crippen molar-refractivity contribution in [3.8, 4) is 0 Å². The van der Waals surface area contributed by atoms with Crippen LogP contribution in [0.1, 0.15) is 25.3 Å². The van der Waals surface area contributed by atoms with E-state index in [-0.39, 0.29) is 5.97 Å². The van der Waals surface area contributed by atoms with E-state index in [0.29, 0.717) is 26.2 Å². The minimum Gasteiger partial charge on any atom is -0.465 e. The Hall–Kier alpha value is -1.39. The monoisotopic (exact) mass is 251 g/mol. The lowest BCUT2D eigenvalue weighted by atomic mass is 10.2. The van der Waals surface area contributed by atoms with Gasteiger partial charge in [-0.1, -0.05) is 30.3 Å². The summed E-state index contributed by atoms with van der Waals surface area (Å²) in [5.41, 5.74) is 6.81. The second-order valence-corrected chi connectivity index (χ2v) is 4.04. The van der Waals surface area contributed by atoms with Crippen molar-refractivity contribution in [2.45, 2.75) is 32.4 Å². The number of carbonyl (C=O) groups excluding carboxylic acids is 1. The lowest BCUT2D eigenvalue weighted by Gasteiger charge is -2.10. The lowest BCUT2D eigenvalue weighted by Crippen LogP contribution is -2.32. The van der Waals surface area contributed by atoms with Gasteiger partial charge in [0.05, 0.1) is 13.2 Å². The van der Waals surface area contributed by atoms with Crippen molar-refractivity contribution in [3.05, 3.63) is 35.9 Å². The van der Waals surface area contributed by atoms with E-state index >= 15 is 0 Å². The van der Waals surface area contributed by atoms with E-state index in [1.165, 1.54) is 0 Å². The zero-order valence-corrected chi connectivity index (χ0v) is 10.8. The standard InChI is InChI=1S/C14H21NO3/c1-2-18-14(16)13(15)9-6-10-17-11-12-7-4-3-5-8-12/h3-5,7-8,13H,2,6,9-11,15H2,1H3. The molecule has 0 heterocycles. The Morgan fingerprint density at radius 1 is 1.33 bits per heavy atom. The fourth-order valence-electron chi connectivity index (χ4n) is 1.54. The predicted octanol–water partition coefficient (Wildman–Crippen LogP) is 1.87. The average Bonchev–Trinajstić information content (AvgIpc) is 2.39. The molecule has 0 fully saturated rings. The second kappa shape index (κ2) is 8.66. The Bertz CT molecular complexity index is 340. The number of hydrogen-bond donors (Lipinski definition) is 1. The fourth-order valence-corrected chi connectivity index (χ4v) is 1.54. The molecule has 0 bridgehead atoms. The molecule has 0 saturated heterocycles. The van der Waals surface area contributed by atoms with Crippen LogP contribution in [0.4, 0.5) is 0 Å². The summed E-state index contributed by atoms with van der Waals surface area (Å²) < 4.78 is 10.3. The maximum atomic E-state index is 11.2. The molecule has 1 aromatic carbocycles. The molecule has 18 heavy (non-hydrogen) atoms. The summed E-state index contributed by atoms with van der Waals surface area (Å²) in [4.78, 5) is 11.2. The highest BCUT2D eigenvalue weighted by Gasteiger charge is 2.13. The molecule has 100 valence electrons. The highest BCUT2D eigenvalue weighted by Crippen LogP contribution is 2.03. The molecular weight excluding hydrogens is 230 g/mol. The maximum absolute atomic E-state index is 11.2. The third-order valence-electron chi connectivity index (χ3n) is 2.50. The van der Waals surface area contributed by atoms with Gasteiger partial charge in [0.15, 0.2) is 0 Å². The molecule has 4 heteroatoms. The molecule has 1 rings (SSSR count). The molecule has 4 nitrogen and oxygen atoms in total. The Morgan fingerprint density at radius 3 is 2.72 bits per heavy atom. The number of esters is 1. The molecule has 0 aliphatic carbocycles. The SMILES string of the molecule is CCOC(=O)C(N)CCCOCc1ccccc1. The summed E-state index contributed by atoms with van der Waals surface area (Å²) in [5, 5.41) is 0. The number of hydrogen-bond acceptors (Lipinski definition) is 4. The third-order valence-corrected chi connectivity index (χ3v) is 2.50. The number of ether oxygens (including phenoxy) is 2. The summed E-state index contributed by atoms with van der Waals surface area (Å²) in [5.74, 6) is -0.333. The van der Waals surface area contributed by atoms with Gasteiger partial charge < -0.3 is 15.2 Å². The van der Waals surface area contributed by atoms with Crippen LogP contribution in [0.3, 0.4) is 0 Å². The Balaban J connectivity index is 2.07. The Morgan fingerprint density at radius 2 is 2.06 bits per heavy atom. The van der Waals surface area contributed by atoms with E-state index in [4.69, 9.17) is 15.2 Å². The first-order chi connectivity index (χ1) is 8.74. The van der Waals surface area contributed by atoms with Gasteiger partial charge in [0.25, 0.3) is 0 Å². The molecule has 0 radical (unpaired) electrons. The minimum atomic E-state index is -0.537. The van der Waals surface area contributed by atoms with Gasteiger partial charge >= 0.3 is 5.97 Å². The normalized spacial score (nSPS) is 12.1. The van der Waals surface area contributed by atoms with Gasteiger partial charge in [-0.2, -0.15) is 0 Å². The van der Waals surface area contributed by atoms with Crippen molar-refractivity contribution < 1.29 is 14.3 Å². The van der Waals surface area contributed by atoms with Crippen molar-refractivity contribution in [1.29, 1.82) is 0 Å². The first-order valence-corrected chi connectivity index (χ1v) is 6.28. The van der Waals surface area contributed by atoms with E-state index in [1.807, 2.05) is 30.3 Å². The molecule has 0 aliphatic heterocycles. The summed E-state index contributed by atoms with van der Waals surface area (Å²) in [6, 6.07) is 9.44. The minimum absolute atomic E-state index is 0.333. The molecule has 1 aromatic rings. The fraction of sp³-hybridized carbons (Fsp3) is 0.500. The molecule has 0 spiro atoms. The van der Waals surface area contributed by atoms with Crippen LogP contribution in [0.2, 0.25) is 0 Å². The molecular formula is C14H21NO3. The van der Waals surface area contributed by atoms with E-state index < -0.39 is 6.04 Å². The van der Waals surface area contributed by atoms with E-state index in [0.717, 1.165) is 12.0 Å². The summed E-state index contributed by atoms with van der Waals surface area (Å²) in [7, 11) is 0. The first-order valence-electron chi connectivity index (χ1n) is 6.28. The summed E-state index contributed by atoms with van der Waals surface area (Å²) in [6.07, 6.45) is 1.35. The van der Waals surface area contributed by atoms with Crippen LogP contribution in [0.25, 0.3) is 0 Å². The van der Waals surface area contributed by atoms with Crippen LogP contribution in [-0.2, 0) is 20.9 Å². The van der Waals surface area contributed by atoms with Crippen LogP contribution in [0.5, 0.6) is 0 Å². The van der Waals surface area contributed by atoms with Crippen molar-refractivity contribution in [2.24, 2.45) is 5.73 Å². The smallest absolute Gasteiger partial charge is 0.322 e. The zero-order valence-electron chi connectivity index (χ0n) is 10.8.